The maximum Gasteiger partial charge on any atom is 0.120 e. The smallest absolute Gasteiger partial charge is 0.120 e. The van der Waals surface area contributed by atoms with Gasteiger partial charge in [-0.05, 0) is 31.5 Å². The zero-order valence-electron chi connectivity index (χ0n) is 10.7. The topological polar surface area (TPSA) is 55.2 Å². The van der Waals surface area contributed by atoms with Crippen molar-refractivity contribution >= 4 is 11.3 Å². The molecule has 96 valence electrons. The van der Waals surface area contributed by atoms with E-state index >= 15 is 0 Å². The van der Waals surface area contributed by atoms with Crippen molar-refractivity contribution in [1.29, 1.82) is 0 Å². The quantitative estimate of drug-likeness (QED) is 0.920. The van der Waals surface area contributed by atoms with Gasteiger partial charge in [-0.3, -0.25) is 0 Å². The van der Waals surface area contributed by atoms with E-state index in [9.17, 15) is 5.11 Å². The van der Waals surface area contributed by atoms with Crippen LogP contribution in [0.3, 0.4) is 0 Å². The predicted octanol–water partition coefficient (Wildman–Crippen LogP) is 2.31. The van der Waals surface area contributed by atoms with E-state index in [1.54, 1.807) is 14.0 Å². The van der Waals surface area contributed by atoms with E-state index in [0.717, 1.165) is 21.3 Å². The van der Waals surface area contributed by atoms with Crippen LogP contribution < -0.4 is 4.74 Å². The molecule has 4 nitrogen and oxygen atoms in total. The van der Waals surface area contributed by atoms with Gasteiger partial charge in [-0.15, -0.1) is 21.5 Å². The highest BCUT2D eigenvalue weighted by molar-refractivity contribution is 7.11. The molecule has 0 aliphatic carbocycles. The first-order chi connectivity index (χ1) is 8.51. The molecule has 0 saturated carbocycles. The monoisotopic (exact) mass is 264 g/mol. The van der Waals surface area contributed by atoms with Crippen molar-refractivity contribution in [1.82, 2.24) is 10.2 Å². The van der Waals surface area contributed by atoms with E-state index in [1.807, 2.05) is 31.2 Å². The standard InChI is InChI=1S/C13H16N2O2S/c1-9-14-15-12(18-9)8-13(2,16)10-4-6-11(17-3)7-5-10/h4-7,16H,8H2,1-3H3. The van der Waals surface area contributed by atoms with Gasteiger partial charge in [0.1, 0.15) is 15.8 Å². The Labute approximate surface area is 110 Å². The molecule has 1 heterocycles. The summed E-state index contributed by atoms with van der Waals surface area (Å²) in [6.07, 6.45) is 0.463. The number of methoxy groups -OCH3 is 1. The second-order valence-electron chi connectivity index (χ2n) is 4.39. The number of ether oxygens (including phenoxy) is 1. The summed E-state index contributed by atoms with van der Waals surface area (Å²) in [5.41, 5.74) is -0.103. The molecule has 0 bridgehead atoms. The van der Waals surface area contributed by atoms with Crippen molar-refractivity contribution in [2.45, 2.75) is 25.9 Å². The number of aliphatic hydroxyl groups is 1. The Bertz CT molecular complexity index is 520. The normalized spacial score (nSPS) is 14.2. The summed E-state index contributed by atoms with van der Waals surface area (Å²) in [6.45, 7) is 3.69. The van der Waals surface area contributed by atoms with Gasteiger partial charge in [0, 0.05) is 6.42 Å². The van der Waals surface area contributed by atoms with E-state index in [0.29, 0.717) is 6.42 Å². The lowest BCUT2D eigenvalue weighted by molar-refractivity contribution is 0.0573. The molecule has 0 amide bonds. The average molecular weight is 264 g/mol. The number of nitrogens with zero attached hydrogens (tertiary/aromatic N) is 2. The first-order valence-corrected chi connectivity index (χ1v) is 6.49. The predicted molar refractivity (Wildman–Crippen MR) is 70.9 cm³/mol. The summed E-state index contributed by atoms with van der Waals surface area (Å²) in [7, 11) is 1.62. The molecule has 1 N–H and O–H groups in total. The fraction of sp³-hybridized carbons (Fsp3) is 0.385. The van der Waals surface area contributed by atoms with Crippen LogP contribution in [0.5, 0.6) is 5.75 Å². The Hall–Kier alpha value is -1.46. The van der Waals surface area contributed by atoms with E-state index in [2.05, 4.69) is 10.2 Å². The third-order valence-electron chi connectivity index (χ3n) is 2.78. The van der Waals surface area contributed by atoms with E-state index in [1.165, 1.54) is 11.3 Å². The molecule has 0 fully saturated rings. The zero-order chi connectivity index (χ0) is 13.2. The highest BCUT2D eigenvalue weighted by atomic mass is 32.1. The molecule has 1 aromatic carbocycles. The third-order valence-corrected chi connectivity index (χ3v) is 3.61. The van der Waals surface area contributed by atoms with Crippen molar-refractivity contribution in [2.75, 3.05) is 7.11 Å². The van der Waals surface area contributed by atoms with Crippen LogP contribution in [-0.4, -0.2) is 22.4 Å². The lowest BCUT2D eigenvalue weighted by atomic mass is 9.93. The fourth-order valence-electron chi connectivity index (χ4n) is 1.76. The molecule has 1 atom stereocenters. The molecule has 0 aliphatic heterocycles. The number of benzene rings is 1. The highest BCUT2D eigenvalue weighted by Crippen LogP contribution is 2.27. The second-order valence-corrected chi connectivity index (χ2v) is 5.66. The molecule has 5 heteroatoms. The molecule has 18 heavy (non-hydrogen) atoms. The number of aromatic nitrogens is 2. The van der Waals surface area contributed by atoms with Crippen LogP contribution >= 0.6 is 11.3 Å². The van der Waals surface area contributed by atoms with Crippen LogP contribution in [0.2, 0.25) is 0 Å². The third kappa shape index (κ3) is 2.86. The minimum absolute atomic E-state index is 0.463. The van der Waals surface area contributed by atoms with Gasteiger partial charge in [-0.25, -0.2) is 0 Å². The first-order valence-electron chi connectivity index (χ1n) is 5.67. The zero-order valence-corrected chi connectivity index (χ0v) is 11.5. The van der Waals surface area contributed by atoms with Crippen LogP contribution in [0.4, 0.5) is 0 Å². The number of hydrogen-bond acceptors (Lipinski definition) is 5. The maximum atomic E-state index is 10.5. The molecule has 1 unspecified atom stereocenters. The van der Waals surface area contributed by atoms with Gasteiger partial charge in [0.05, 0.1) is 12.7 Å². The van der Waals surface area contributed by atoms with Crippen molar-refractivity contribution in [2.24, 2.45) is 0 Å². The Morgan fingerprint density at radius 1 is 1.28 bits per heavy atom. The molecule has 0 saturated heterocycles. The van der Waals surface area contributed by atoms with Gasteiger partial charge < -0.3 is 9.84 Å². The summed E-state index contributed by atoms with van der Waals surface area (Å²) in [4.78, 5) is 0. The van der Waals surface area contributed by atoms with Crippen LogP contribution in [-0.2, 0) is 12.0 Å². The van der Waals surface area contributed by atoms with E-state index < -0.39 is 5.60 Å². The Morgan fingerprint density at radius 2 is 1.94 bits per heavy atom. The van der Waals surface area contributed by atoms with Gasteiger partial charge >= 0.3 is 0 Å². The van der Waals surface area contributed by atoms with Crippen LogP contribution in [0, 0.1) is 6.92 Å². The Kier molecular flexibility index (Phi) is 3.63. The van der Waals surface area contributed by atoms with E-state index in [-0.39, 0.29) is 0 Å². The van der Waals surface area contributed by atoms with Gasteiger partial charge in [0.2, 0.25) is 0 Å². The summed E-state index contributed by atoms with van der Waals surface area (Å²) in [6, 6.07) is 7.42. The lowest BCUT2D eigenvalue weighted by Gasteiger charge is -2.22. The van der Waals surface area contributed by atoms with Crippen molar-refractivity contribution in [3.63, 3.8) is 0 Å². The lowest BCUT2D eigenvalue weighted by Crippen LogP contribution is -2.24. The number of hydrogen-bond donors (Lipinski definition) is 1. The SMILES string of the molecule is COc1ccc(C(C)(O)Cc2nnc(C)s2)cc1. The molecule has 1 aromatic heterocycles. The largest absolute Gasteiger partial charge is 0.497 e. The van der Waals surface area contributed by atoms with Crippen LogP contribution in [0.25, 0.3) is 0 Å². The summed E-state index contributed by atoms with van der Waals surface area (Å²) < 4.78 is 5.10. The van der Waals surface area contributed by atoms with Crippen molar-refractivity contribution in [3.05, 3.63) is 39.8 Å². The second kappa shape index (κ2) is 5.04. The molecule has 0 spiro atoms. The highest BCUT2D eigenvalue weighted by Gasteiger charge is 2.25. The summed E-state index contributed by atoms with van der Waals surface area (Å²) in [5.74, 6) is 0.779. The minimum Gasteiger partial charge on any atom is -0.497 e. The van der Waals surface area contributed by atoms with Gasteiger partial charge in [0.15, 0.2) is 0 Å². The Morgan fingerprint density at radius 3 is 2.44 bits per heavy atom. The first kappa shape index (κ1) is 13.0. The molecule has 0 radical (unpaired) electrons. The van der Waals surface area contributed by atoms with Crippen LogP contribution in [0.1, 0.15) is 22.5 Å². The summed E-state index contributed by atoms with van der Waals surface area (Å²) in [5, 5.41) is 20.3. The van der Waals surface area contributed by atoms with Gasteiger partial charge in [-0.1, -0.05) is 12.1 Å². The van der Waals surface area contributed by atoms with Gasteiger partial charge in [0.25, 0.3) is 0 Å². The minimum atomic E-state index is -0.946. The number of aryl methyl sites for hydroxylation is 1. The molecular weight excluding hydrogens is 248 g/mol. The Balaban J connectivity index is 2.18. The summed E-state index contributed by atoms with van der Waals surface area (Å²) >= 11 is 1.51. The van der Waals surface area contributed by atoms with E-state index in [4.69, 9.17) is 4.74 Å². The average Bonchev–Trinajstić information content (AvgIpc) is 2.74. The molecule has 2 rings (SSSR count). The maximum absolute atomic E-state index is 10.5. The van der Waals surface area contributed by atoms with Crippen LogP contribution in [0.15, 0.2) is 24.3 Å². The fourth-order valence-corrected chi connectivity index (χ4v) is 2.61. The molecular formula is C13H16N2O2S. The molecule has 2 aromatic rings. The van der Waals surface area contributed by atoms with Crippen molar-refractivity contribution in [3.8, 4) is 5.75 Å². The molecule has 0 aliphatic rings. The number of rotatable bonds is 4. The van der Waals surface area contributed by atoms with Gasteiger partial charge in [-0.2, -0.15) is 0 Å². The van der Waals surface area contributed by atoms with Crippen molar-refractivity contribution < 1.29 is 9.84 Å².